The summed E-state index contributed by atoms with van der Waals surface area (Å²) < 4.78 is 19.6. The number of imide groups is 1. The predicted octanol–water partition coefficient (Wildman–Crippen LogP) is 2.71. The maximum Gasteiger partial charge on any atom is 0.250 e. The third-order valence-electron chi connectivity index (χ3n) is 7.40. The molecule has 3 aliphatic rings. The van der Waals surface area contributed by atoms with Crippen LogP contribution in [0.15, 0.2) is 66.7 Å². The van der Waals surface area contributed by atoms with E-state index in [4.69, 9.17) is 4.74 Å². The summed E-state index contributed by atoms with van der Waals surface area (Å²) in [6, 6.07) is 16.4. The molecule has 4 atom stereocenters. The number of anilines is 2. The Morgan fingerprint density at radius 1 is 1.00 bits per heavy atom. The molecule has 3 heterocycles. The molecule has 182 valence electrons. The molecule has 3 aliphatic heterocycles. The van der Waals surface area contributed by atoms with Crippen molar-refractivity contribution >= 4 is 29.1 Å². The van der Waals surface area contributed by atoms with Gasteiger partial charge in [-0.1, -0.05) is 12.1 Å². The van der Waals surface area contributed by atoms with Crippen molar-refractivity contribution in [1.82, 2.24) is 5.32 Å². The average molecular weight is 487 g/mol. The number of nitrogens with zero attached hydrogens (tertiary/aromatic N) is 1. The van der Waals surface area contributed by atoms with Gasteiger partial charge in [0, 0.05) is 17.3 Å². The summed E-state index contributed by atoms with van der Waals surface area (Å²) in [6.07, 6.45) is 0.316. The number of aromatic hydroxyl groups is 1. The molecular weight excluding hydrogens is 465 g/mol. The minimum atomic E-state index is -1.60. The Hall–Kier alpha value is -4.24. The van der Waals surface area contributed by atoms with Gasteiger partial charge in [-0.2, -0.15) is 0 Å². The molecule has 0 bridgehead atoms. The Morgan fingerprint density at radius 2 is 1.72 bits per heavy atom. The Balaban J connectivity index is 1.48. The third-order valence-corrected chi connectivity index (χ3v) is 7.40. The van der Waals surface area contributed by atoms with Gasteiger partial charge in [0.25, 0.3) is 0 Å². The number of hydrogen-bond donors (Lipinski definition) is 3. The Labute approximate surface area is 205 Å². The van der Waals surface area contributed by atoms with Crippen LogP contribution < -0.4 is 20.3 Å². The van der Waals surface area contributed by atoms with Crippen LogP contribution in [0.1, 0.15) is 11.1 Å². The van der Waals surface area contributed by atoms with E-state index in [-0.39, 0.29) is 5.75 Å². The molecule has 2 fully saturated rings. The van der Waals surface area contributed by atoms with E-state index in [1.54, 1.807) is 36.4 Å². The van der Waals surface area contributed by atoms with E-state index in [0.29, 0.717) is 29.1 Å². The number of benzene rings is 3. The van der Waals surface area contributed by atoms with E-state index in [1.165, 1.54) is 37.4 Å². The number of fused-ring (bicyclic) bond motifs is 4. The minimum Gasteiger partial charge on any atom is -0.508 e. The summed E-state index contributed by atoms with van der Waals surface area (Å²) in [7, 11) is 1.52. The summed E-state index contributed by atoms with van der Waals surface area (Å²) in [4.78, 5) is 42.4. The highest BCUT2D eigenvalue weighted by atomic mass is 19.1. The number of carbonyl (C=O) groups is 3. The molecular formula is C27H22FN3O5. The van der Waals surface area contributed by atoms with Gasteiger partial charge in [0.05, 0.1) is 24.6 Å². The normalized spacial score (nSPS) is 26.3. The van der Waals surface area contributed by atoms with E-state index in [2.05, 4.69) is 10.6 Å². The second-order valence-electron chi connectivity index (χ2n) is 9.29. The van der Waals surface area contributed by atoms with Gasteiger partial charge in [-0.05, 0) is 66.6 Å². The molecule has 0 saturated carbocycles. The predicted molar refractivity (Wildman–Crippen MR) is 128 cm³/mol. The number of halogens is 1. The van der Waals surface area contributed by atoms with Gasteiger partial charge in [-0.25, -0.2) is 9.29 Å². The zero-order valence-electron chi connectivity index (χ0n) is 19.2. The maximum atomic E-state index is 14.4. The van der Waals surface area contributed by atoms with Crippen LogP contribution in [-0.2, 0) is 26.3 Å². The number of carbonyl (C=O) groups excluding carboxylic acids is 3. The van der Waals surface area contributed by atoms with Crippen molar-refractivity contribution in [3.05, 3.63) is 83.7 Å². The monoisotopic (exact) mass is 487 g/mol. The van der Waals surface area contributed by atoms with Crippen LogP contribution in [0.3, 0.4) is 0 Å². The van der Waals surface area contributed by atoms with Crippen molar-refractivity contribution in [2.75, 3.05) is 17.3 Å². The lowest BCUT2D eigenvalue weighted by Crippen LogP contribution is -2.53. The Bertz CT molecular complexity index is 1410. The van der Waals surface area contributed by atoms with Gasteiger partial charge >= 0.3 is 0 Å². The molecule has 3 N–H and O–H groups in total. The number of phenols is 1. The number of rotatable bonds is 4. The molecule has 36 heavy (non-hydrogen) atoms. The lowest BCUT2D eigenvalue weighted by Gasteiger charge is -2.29. The van der Waals surface area contributed by atoms with Gasteiger partial charge in [-0.3, -0.25) is 19.7 Å². The van der Waals surface area contributed by atoms with Gasteiger partial charge in [0.15, 0.2) is 0 Å². The topological polar surface area (TPSA) is 108 Å². The van der Waals surface area contributed by atoms with Crippen molar-refractivity contribution in [3.63, 3.8) is 0 Å². The molecule has 3 aromatic carbocycles. The molecule has 8 nitrogen and oxygen atoms in total. The molecule has 0 aromatic heterocycles. The fourth-order valence-corrected chi connectivity index (χ4v) is 5.82. The molecule has 2 saturated heterocycles. The number of ether oxygens (including phenoxy) is 1. The quantitative estimate of drug-likeness (QED) is 0.489. The van der Waals surface area contributed by atoms with Crippen LogP contribution in [0, 0.1) is 17.7 Å². The minimum absolute atomic E-state index is 0.102. The number of methoxy groups -OCH3 is 1. The van der Waals surface area contributed by atoms with E-state index in [1.807, 2.05) is 0 Å². The van der Waals surface area contributed by atoms with Crippen molar-refractivity contribution in [2.45, 2.75) is 18.0 Å². The number of hydrogen-bond acceptors (Lipinski definition) is 6. The summed E-state index contributed by atoms with van der Waals surface area (Å²) >= 11 is 0. The largest absolute Gasteiger partial charge is 0.508 e. The zero-order chi connectivity index (χ0) is 25.2. The molecule has 0 radical (unpaired) electrons. The van der Waals surface area contributed by atoms with Gasteiger partial charge in [0.1, 0.15) is 22.9 Å². The first-order chi connectivity index (χ1) is 17.3. The van der Waals surface area contributed by atoms with Crippen LogP contribution in [0.2, 0.25) is 0 Å². The smallest absolute Gasteiger partial charge is 0.250 e. The SMILES string of the molecule is COc1ccc(N2C(=O)[C@@H]3C(Cc4ccc(O)cc4)NC4(C(=O)Nc5ccc(F)cc54)[C@@H]3C2=O)cc1. The van der Waals surface area contributed by atoms with Crippen molar-refractivity contribution in [3.8, 4) is 11.5 Å². The summed E-state index contributed by atoms with van der Waals surface area (Å²) in [5.41, 5.74) is 0.297. The highest BCUT2D eigenvalue weighted by Gasteiger charge is 2.70. The Kier molecular flexibility index (Phi) is 4.87. The third kappa shape index (κ3) is 3.06. The van der Waals surface area contributed by atoms with E-state index in [0.717, 1.165) is 10.5 Å². The molecule has 0 aliphatic carbocycles. The van der Waals surface area contributed by atoms with Crippen LogP contribution in [0.25, 0.3) is 0 Å². The number of phenolic OH excluding ortho intramolecular Hbond substituents is 1. The fraction of sp³-hybridized carbons (Fsp3) is 0.222. The highest BCUT2D eigenvalue weighted by molar-refractivity contribution is 6.25. The molecule has 1 spiro atoms. The second kappa shape index (κ2) is 7.89. The number of amides is 3. The summed E-state index contributed by atoms with van der Waals surface area (Å²) in [5, 5.41) is 15.7. The van der Waals surface area contributed by atoms with Crippen molar-refractivity contribution < 1.29 is 28.6 Å². The van der Waals surface area contributed by atoms with Crippen LogP contribution >= 0.6 is 0 Å². The van der Waals surface area contributed by atoms with Crippen LogP contribution in [0.4, 0.5) is 15.8 Å². The first-order valence-corrected chi connectivity index (χ1v) is 11.5. The lowest BCUT2D eigenvalue weighted by atomic mass is 9.76. The van der Waals surface area contributed by atoms with Crippen LogP contribution in [-0.4, -0.2) is 36.0 Å². The molecule has 3 aromatic rings. The summed E-state index contributed by atoms with van der Waals surface area (Å²) in [6.45, 7) is 0. The maximum absolute atomic E-state index is 14.4. The van der Waals surface area contributed by atoms with E-state index in [9.17, 15) is 23.9 Å². The summed E-state index contributed by atoms with van der Waals surface area (Å²) in [5.74, 6) is -3.27. The molecule has 3 amide bonds. The Morgan fingerprint density at radius 3 is 2.42 bits per heavy atom. The first kappa shape index (κ1) is 22.2. The molecule has 9 heteroatoms. The van der Waals surface area contributed by atoms with Gasteiger partial charge in [0.2, 0.25) is 17.7 Å². The average Bonchev–Trinajstić information content (AvgIpc) is 3.45. The first-order valence-electron chi connectivity index (χ1n) is 11.5. The fourth-order valence-electron chi connectivity index (χ4n) is 5.82. The highest BCUT2D eigenvalue weighted by Crippen LogP contribution is 2.54. The lowest BCUT2D eigenvalue weighted by molar-refractivity contribution is -0.130. The van der Waals surface area contributed by atoms with E-state index >= 15 is 0 Å². The van der Waals surface area contributed by atoms with Gasteiger partial charge in [-0.15, -0.1) is 0 Å². The van der Waals surface area contributed by atoms with Crippen LogP contribution in [0.5, 0.6) is 11.5 Å². The van der Waals surface area contributed by atoms with Crippen molar-refractivity contribution in [1.29, 1.82) is 0 Å². The van der Waals surface area contributed by atoms with Gasteiger partial charge < -0.3 is 15.2 Å². The zero-order valence-corrected chi connectivity index (χ0v) is 19.2. The molecule has 2 unspecified atom stereocenters. The molecule has 6 rings (SSSR count). The number of nitrogens with one attached hydrogen (secondary N) is 2. The second-order valence-corrected chi connectivity index (χ2v) is 9.29. The standard InChI is InChI=1S/C27H22FN3O5/c1-36-18-9-5-16(6-10-18)31-24(33)22-21(12-14-2-7-17(32)8-3-14)30-27(23(22)25(31)34)19-13-15(28)4-11-20(19)29-26(27)35/h2-11,13,21-23,30,32H,12H2,1H3,(H,29,35)/t21?,22-,23+,27?/m1/s1. The van der Waals surface area contributed by atoms with E-state index < -0.39 is 47.0 Å². The van der Waals surface area contributed by atoms with Crippen molar-refractivity contribution in [2.24, 2.45) is 11.8 Å².